The molecule has 4 rings (SSSR count). The Balaban J connectivity index is 1.46. The van der Waals surface area contributed by atoms with E-state index in [0.717, 1.165) is 48.4 Å². The van der Waals surface area contributed by atoms with Gasteiger partial charge < -0.3 is 14.6 Å². The summed E-state index contributed by atoms with van der Waals surface area (Å²) in [6.07, 6.45) is 9.70. The first-order chi connectivity index (χ1) is 17.1. The zero-order chi connectivity index (χ0) is 24.6. The zero-order valence-electron chi connectivity index (χ0n) is 20.0. The van der Waals surface area contributed by atoms with Crippen molar-refractivity contribution in [2.24, 2.45) is 5.84 Å². The summed E-state index contributed by atoms with van der Waals surface area (Å²) in [6.45, 7) is 8.22. The van der Waals surface area contributed by atoms with Crippen LogP contribution in [-0.2, 0) is 6.54 Å². The van der Waals surface area contributed by atoms with Gasteiger partial charge in [0.1, 0.15) is 0 Å². The third kappa shape index (κ3) is 6.40. The molecule has 0 spiro atoms. The van der Waals surface area contributed by atoms with Gasteiger partial charge in [-0.3, -0.25) is 4.79 Å². The number of nitrogens with two attached hydrogens (primary N) is 1. The van der Waals surface area contributed by atoms with E-state index in [1.165, 1.54) is 30.7 Å². The van der Waals surface area contributed by atoms with Crippen molar-refractivity contribution in [1.82, 2.24) is 29.7 Å². The summed E-state index contributed by atoms with van der Waals surface area (Å²) in [5.74, 6) is 7.17. The SMILES string of the molecule is C=C/C(=C\N(N)CCN1CCCC1)c1cnc(-c2cccc(Cn3nc(OC)ccc3=O)c2)nc1. The number of allylic oxidation sites excluding steroid dienone is 2. The van der Waals surface area contributed by atoms with E-state index < -0.39 is 0 Å². The number of rotatable bonds is 10. The molecular formula is C26H31N7O2. The van der Waals surface area contributed by atoms with Crippen LogP contribution in [0.25, 0.3) is 17.0 Å². The average Bonchev–Trinajstić information content (AvgIpc) is 3.41. The normalized spacial score (nSPS) is 14.2. The molecule has 0 bridgehead atoms. The molecule has 2 aromatic heterocycles. The van der Waals surface area contributed by atoms with E-state index in [-0.39, 0.29) is 5.56 Å². The minimum atomic E-state index is -0.199. The second-order valence-corrected chi connectivity index (χ2v) is 8.44. The third-order valence-electron chi connectivity index (χ3n) is 5.95. The third-order valence-corrected chi connectivity index (χ3v) is 5.95. The Kier molecular flexibility index (Phi) is 8.02. The summed E-state index contributed by atoms with van der Waals surface area (Å²) < 4.78 is 6.49. The van der Waals surface area contributed by atoms with Crippen LogP contribution in [0.5, 0.6) is 5.88 Å². The maximum absolute atomic E-state index is 12.2. The lowest BCUT2D eigenvalue weighted by Crippen LogP contribution is -2.34. The highest BCUT2D eigenvalue weighted by atomic mass is 16.5. The molecule has 182 valence electrons. The molecule has 0 atom stereocenters. The van der Waals surface area contributed by atoms with E-state index in [1.54, 1.807) is 29.5 Å². The number of benzene rings is 1. The molecule has 1 aromatic carbocycles. The van der Waals surface area contributed by atoms with Crippen LogP contribution in [-0.4, -0.2) is 62.9 Å². The summed E-state index contributed by atoms with van der Waals surface area (Å²) in [5, 5.41) is 5.90. The monoisotopic (exact) mass is 473 g/mol. The predicted octanol–water partition coefficient (Wildman–Crippen LogP) is 2.56. The fourth-order valence-electron chi connectivity index (χ4n) is 4.01. The highest BCUT2D eigenvalue weighted by Crippen LogP contribution is 2.20. The van der Waals surface area contributed by atoms with Crippen molar-refractivity contribution >= 4 is 5.57 Å². The van der Waals surface area contributed by atoms with Gasteiger partial charge in [0.2, 0.25) is 5.88 Å². The minimum absolute atomic E-state index is 0.199. The van der Waals surface area contributed by atoms with E-state index >= 15 is 0 Å². The molecule has 1 aliphatic rings. The number of hydrogen-bond acceptors (Lipinski definition) is 8. The van der Waals surface area contributed by atoms with Gasteiger partial charge in [-0.15, -0.1) is 5.10 Å². The Morgan fingerprint density at radius 2 is 1.97 bits per heavy atom. The van der Waals surface area contributed by atoms with Gasteiger partial charge >= 0.3 is 0 Å². The zero-order valence-corrected chi connectivity index (χ0v) is 20.0. The molecule has 3 heterocycles. The topological polar surface area (TPSA) is 102 Å². The Morgan fingerprint density at radius 1 is 1.20 bits per heavy atom. The van der Waals surface area contributed by atoms with Crippen LogP contribution in [0.1, 0.15) is 24.0 Å². The summed E-state index contributed by atoms with van der Waals surface area (Å²) in [7, 11) is 1.52. The van der Waals surface area contributed by atoms with Crippen LogP contribution in [0.2, 0.25) is 0 Å². The van der Waals surface area contributed by atoms with Gasteiger partial charge in [0.25, 0.3) is 5.56 Å². The van der Waals surface area contributed by atoms with Crippen LogP contribution >= 0.6 is 0 Å². The van der Waals surface area contributed by atoms with Gasteiger partial charge in [-0.2, -0.15) is 0 Å². The van der Waals surface area contributed by atoms with E-state index in [0.29, 0.717) is 18.2 Å². The number of nitrogens with zero attached hydrogens (tertiary/aromatic N) is 6. The smallest absolute Gasteiger partial charge is 0.267 e. The average molecular weight is 474 g/mol. The summed E-state index contributed by atoms with van der Waals surface area (Å²) >= 11 is 0. The Bertz CT molecular complexity index is 1230. The number of aromatic nitrogens is 4. The molecule has 0 radical (unpaired) electrons. The number of hydrazine groups is 1. The van der Waals surface area contributed by atoms with Crippen LogP contribution in [0.4, 0.5) is 0 Å². The van der Waals surface area contributed by atoms with Gasteiger partial charge in [-0.25, -0.2) is 20.5 Å². The van der Waals surface area contributed by atoms with Gasteiger partial charge in [-0.05, 0) is 37.6 Å². The van der Waals surface area contributed by atoms with Crippen LogP contribution in [0, 0.1) is 0 Å². The standard InChI is InChI=1S/C26H31N7O2/c1-3-21(19-32(27)14-13-31-11-4-5-12-31)23-16-28-26(29-17-23)22-8-6-7-20(15-22)18-33-25(34)10-9-24(30-33)35-2/h3,6-10,15-17,19H,1,4-5,11-14,18,27H2,2H3/b21-19+. The van der Waals surface area contributed by atoms with E-state index in [2.05, 4.69) is 26.5 Å². The van der Waals surface area contributed by atoms with Crippen molar-refractivity contribution in [3.63, 3.8) is 0 Å². The lowest BCUT2D eigenvalue weighted by atomic mass is 10.1. The first kappa shape index (κ1) is 24.3. The first-order valence-corrected chi connectivity index (χ1v) is 11.7. The highest BCUT2D eigenvalue weighted by Gasteiger charge is 2.12. The fraction of sp³-hybridized carbons (Fsp3) is 0.308. The second-order valence-electron chi connectivity index (χ2n) is 8.44. The molecule has 1 aliphatic heterocycles. The summed E-state index contributed by atoms with van der Waals surface area (Å²) in [5.41, 5.74) is 3.25. The maximum atomic E-state index is 12.2. The highest BCUT2D eigenvalue weighted by molar-refractivity contribution is 5.72. The molecule has 0 unspecified atom stereocenters. The molecule has 1 fully saturated rings. The van der Waals surface area contributed by atoms with Crippen molar-refractivity contribution in [2.45, 2.75) is 19.4 Å². The molecule has 0 saturated carbocycles. The van der Waals surface area contributed by atoms with E-state index in [9.17, 15) is 4.79 Å². The largest absolute Gasteiger partial charge is 0.480 e. The first-order valence-electron chi connectivity index (χ1n) is 11.7. The number of methoxy groups -OCH3 is 1. The molecule has 3 aromatic rings. The van der Waals surface area contributed by atoms with Gasteiger partial charge in [-0.1, -0.05) is 30.9 Å². The molecule has 9 nitrogen and oxygen atoms in total. The summed E-state index contributed by atoms with van der Waals surface area (Å²) in [6, 6.07) is 10.7. The van der Waals surface area contributed by atoms with Crippen molar-refractivity contribution in [3.05, 3.63) is 89.1 Å². The molecule has 35 heavy (non-hydrogen) atoms. The van der Waals surface area contributed by atoms with Gasteiger partial charge in [0.05, 0.1) is 13.7 Å². The van der Waals surface area contributed by atoms with Crippen molar-refractivity contribution in [1.29, 1.82) is 0 Å². The molecular weight excluding hydrogens is 442 g/mol. The fourth-order valence-corrected chi connectivity index (χ4v) is 4.01. The molecule has 1 saturated heterocycles. The Hall–Kier alpha value is -3.82. The van der Waals surface area contributed by atoms with Crippen LogP contribution < -0.4 is 16.1 Å². The van der Waals surface area contributed by atoms with Crippen molar-refractivity contribution in [3.8, 4) is 17.3 Å². The number of hydrogen-bond donors (Lipinski definition) is 1. The van der Waals surface area contributed by atoms with Crippen molar-refractivity contribution in [2.75, 3.05) is 33.3 Å². The quantitative estimate of drug-likeness (QED) is 0.272. The van der Waals surface area contributed by atoms with Crippen LogP contribution in [0.3, 0.4) is 0 Å². The van der Waals surface area contributed by atoms with E-state index in [4.69, 9.17) is 10.6 Å². The molecule has 0 amide bonds. The lowest BCUT2D eigenvalue weighted by Gasteiger charge is -2.20. The predicted molar refractivity (Wildman–Crippen MR) is 136 cm³/mol. The molecule has 2 N–H and O–H groups in total. The molecule has 0 aliphatic carbocycles. The Labute approximate surface area is 205 Å². The van der Waals surface area contributed by atoms with Gasteiger partial charge in [0, 0.05) is 60.5 Å². The summed E-state index contributed by atoms with van der Waals surface area (Å²) in [4.78, 5) is 23.7. The molecule has 9 heteroatoms. The van der Waals surface area contributed by atoms with Gasteiger partial charge in [0.15, 0.2) is 5.82 Å². The maximum Gasteiger partial charge on any atom is 0.267 e. The van der Waals surface area contributed by atoms with Crippen LogP contribution in [0.15, 0.2) is 72.4 Å². The van der Waals surface area contributed by atoms with E-state index in [1.807, 2.05) is 30.5 Å². The number of ether oxygens (including phenoxy) is 1. The Morgan fingerprint density at radius 3 is 2.69 bits per heavy atom. The lowest BCUT2D eigenvalue weighted by molar-refractivity contribution is 0.280. The second kappa shape index (κ2) is 11.5. The number of likely N-dealkylation sites (tertiary alicyclic amines) is 1. The minimum Gasteiger partial charge on any atom is -0.480 e. The van der Waals surface area contributed by atoms with Crippen molar-refractivity contribution < 1.29 is 4.74 Å².